The molecule has 2 heterocycles. The molecule has 0 fully saturated rings. The van der Waals surface area contributed by atoms with Crippen LogP contribution < -0.4 is 10.1 Å². The number of ether oxygens (including phenoxy) is 1. The van der Waals surface area contributed by atoms with Crippen LogP contribution in [0.4, 0.5) is 0 Å². The van der Waals surface area contributed by atoms with Gasteiger partial charge >= 0.3 is 0 Å². The molecule has 0 aliphatic carbocycles. The molecule has 0 spiro atoms. The van der Waals surface area contributed by atoms with Gasteiger partial charge in [-0.25, -0.2) is 4.68 Å². The van der Waals surface area contributed by atoms with E-state index >= 15 is 0 Å². The summed E-state index contributed by atoms with van der Waals surface area (Å²) in [5.74, 6) is 1.30. The van der Waals surface area contributed by atoms with Crippen molar-refractivity contribution in [3.63, 3.8) is 0 Å². The van der Waals surface area contributed by atoms with Crippen LogP contribution in [-0.4, -0.2) is 22.8 Å². The molecule has 0 aliphatic rings. The third-order valence-electron chi connectivity index (χ3n) is 3.87. The number of aromatic nitrogens is 2. The molecule has 0 saturated carbocycles. The average molecular weight is 327 g/mol. The maximum Gasteiger partial charge on any atom is 0.251 e. The first-order valence-corrected chi connectivity index (χ1v) is 8.08. The summed E-state index contributed by atoms with van der Waals surface area (Å²) in [6.07, 6.45) is 3.70. The quantitative estimate of drug-likeness (QED) is 0.722. The summed E-state index contributed by atoms with van der Waals surface area (Å²) in [5.41, 5.74) is 1.32. The summed E-state index contributed by atoms with van der Waals surface area (Å²) in [6, 6.07) is 9.07. The van der Waals surface area contributed by atoms with Gasteiger partial charge in [0.2, 0.25) is 5.88 Å². The summed E-state index contributed by atoms with van der Waals surface area (Å²) in [5, 5.41) is 8.32. The molecule has 126 valence electrons. The number of nitrogens with zero attached hydrogens (tertiary/aromatic N) is 2. The number of carbonyl (C=O) groups excluding carboxylic acids is 1. The largest absolute Gasteiger partial charge is 0.481 e. The molecule has 6 nitrogen and oxygen atoms in total. The molecule has 3 rings (SSSR count). The number of nitrogens with one attached hydrogen (secondary N) is 1. The highest BCUT2D eigenvalue weighted by Crippen LogP contribution is 2.26. The van der Waals surface area contributed by atoms with Crippen LogP contribution in [-0.2, 0) is 13.1 Å². The number of rotatable bonds is 7. The fourth-order valence-corrected chi connectivity index (χ4v) is 2.61. The minimum absolute atomic E-state index is 0.157. The Labute approximate surface area is 140 Å². The molecule has 0 atom stereocenters. The minimum atomic E-state index is -0.157. The second-order valence-electron chi connectivity index (χ2n) is 5.58. The number of benzene rings is 1. The fraction of sp³-hybridized carbons (Fsp3) is 0.333. The predicted molar refractivity (Wildman–Crippen MR) is 91.1 cm³/mol. The Morgan fingerprint density at radius 2 is 2.25 bits per heavy atom. The molecular formula is C18H21N3O3. The third kappa shape index (κ3) is 3.27. The number of methoxy groups -OCH3 is 1. The van der Waals surface area contributed by atoms with Crippen molar-refractivity contribution in [1.29, 1.82) is 0 Å². The number of unbranched alkanes of at least 4 members (excludes halogenated alkanes) is 1. The monoisotopic (exact) mass is 327 g/mol. The van der Waals surface area contributed by atoms with Crippen molar-refractivity contribution in [3.05, 3.63) is 47.9 Å². The topological polar surface area (TPSA) is 69.3 Å². The Balaban J connectivity index is 1.80. The van der Waals surface area contributed by atoms with Gasteiger partial charge in [0.05, 0.1) is 30.8 Å². The fourth-order valence-electron chi connectivity index (χ4n) is 2.61. The van der Waals surface area contributed by atoms with Crippen molar-refractivity contribution in [2.75, 3.05) is 7.11 Å². The summed E-state index contributed by atoms with van der Waals surface area (Å²) in [6.45, 7) is 3.30. The maximum absolute atomic E-state index is 12.3. The number of furan rings is 1. The lowest BCUT2D eigenvalue weighted by atomic mass is 10.1. The van der Waals surface area contributed by atoms with Crippen molar-refractivity contribution in [2.24, 2.45) is 0 Å². The maximum atomic E-state index is 12.3. The van der Waals surface area contributed by atoms with Crippen LogP contribution in [0.2, 0.25) is 0 Å². The zero-order valence-electron chi connectivity index (χ0n) is 13.9. The Morgan fingerprint density at radius 3 is 2.96 bits per heavy atom. The van der Waals surface area contributed by atoms with Gasteiger partial charge in [0, 0.05) is 12.1 Å². The number of fused-ring (bicyclic) bond motifs is 1. The summed E-state index contributed by atoms with van der Waals surface area (Å²) in [4.78, 5) is 12.3. The highest BCUT2D eigenvalue weighted by atomic mass is 16.5. The third-order valence-corrected chi connectivity index (χ3v) is 3.87. The lowest BCUT2D eigenvalue weighted by Gasteiger charge is -2.05. The molecule has 0 bridgehead atoms. The Kier molecular flexibility index (Phi) is 4.84. The number of amides is 1. The summed E-state index contributed by atoms with van der Waals surface area (Å²) >= 11 is 0. The van der Waals surface area contributed by atoms with Gasteiger partial charge < -0.3 is 14.5 Å². The molecule has 6 heteroatoms. The first-order chi connectivity index (χ1) is 11.7. The van der Waals surface area contributed by atoms with Crippen LogP contribution in [0.5, 0.6) is 5.88 Å². The van der Waals surface area contributed by atoms with E-state index in [2.05, 4.69) is 17.3 Å². The van der Waals surface area contributed by atoms with E-state index in [0.717, 1.165) is 41.9 Å². The van der Waals surface area contributed by atoms with Gasteiger partial charge in [0.15, 0.2) is 0 Å². The molecule has 1 aromatic carbocycles. The van der Waals surface area contributed by atoms with E-state index in [0.29, 0.717) is 12.1 Å². The summed E-state index contributed by atoms with van der Waals surface area (Å²) in [7, 11) is 1.64. The molecule has 0 unspecified atom stereocenters. The highest BCUT2D eigenvalue weighted by Gasteiger charge is 2.14. The van der Waals surface area contributed by atoms with Crippen molar-refractivity contribution in [2.45, 2.75) is 32.9 Å². The second kappa shape index (κ2) is 7.21. The highest BCUT2D eigenvalue weighted by molar-refractivity contribution is 5.98. The van der Waals surface area contributed by atoms with E-state index in [1.54, 1.807) is 31.6 Å². The van der Waals surface area contributed by atoms with E-state index in [4.69, 9.17) is 9.15 Å². The average Bonchev–Trinajstić information content (AvgIpc) is 3.23. The van der Waals surface area contributed by atoms with Gasteiger partial charge in [-0.2, -0.15) is 5.10 Å². The van der Waals surface area contributed by atoms with Gasteiger partial charge in [-0.05, 0) is 36.8 Å². The smallest absolute Gasteiger partial charge is 0.251 e. The number of hydrogen-bond acceptors (Lipinski definition) is 4. The zero-order valence-corrected chi connectivity index (χ0v) is 13.9. The van der Waals surface area contributed by atoms with Crippen LogP contribution in [0.25, 0.3) is 10.9 Å². The SMILES string of the molecule is CCCCn1nc2cc(C(=O)NCc3ccco3)ccc2c1OC. The van der Waals surface area contributed by atoms with Gasteiger partial charge in [0.1, 0.15) is 5.76 Å². The number of aryl methyl sites for hydroxylation is 1. The normalized spacial score (nSPS) is 10.9. The predicted octanol–water partition coefficient (Wildman–Crippen LogP) is 3.37. The minimum Gasteiger partial charge on any atom is -0.481 e. The van der Waals surface area contributed by atoms with Gasteiger partial charge in [-0.3, -0.25) is 4.79 Å². The lowest BCUT2D eigenvalue weighted by molar-refractivity contribution is 0.0948. The first-order valence-electron chi connectivity index (χ1n) is 8.08. The van der Waals surface area contributed by atoms with Crippen LogP contribution in [0.1, 0.15) is 35.9 Å². The van der Waals surface area contributed by atoms with Crippen LogP contribution in [0, 0.1) is 0 Å². The van der Waals surface area contributed by atoms with E-state index in [1.165, 1.54) is 0 Å². The Hall–Kier alpha value is -2.76. The van der Waals surface area contributed by atoms with Crippen LogP contribution in [0.3, 0.4) is 0 Å². The van der Waals surface area contributed by atoms with E-state index in [9.17, 15) is 4.79 Å². The number of carbonyl (C=O) groups is 1. The first kappa shape index (κ1) is 16.1. The van der Waals surface area contributed by atoms with Gasteiger partial charge in [0.25, 0.3) is 5.91 Å². The van der Waals surface area contributed by atoms with Crippen molar-refractivity contribution < 1.29 is 13.9 Å². The molecule has 2 aromatic heterocycles. The van der Waals surface area contributed by atoms with Crippen molar-refractivity contribution in [1.82, 2.24) is 15.1 Å². The molecule has 1 N–H and O–H groups in total. The van der Waals surface area contributed by atoms with Gasteiger partial charge in [-0.15, -0.1) is 0 Å². The van der Waals surface area contributed by atoms with Crippen LogP contribution in [0.15, 0.2) is 41.0 Å². The molecule has 24 heavy (non-hydrogen) atoms. The zero-order chi connectivity index (χ0) is 16.9. The summed E-state index contributed by atoms with van der Waals surface area (Å²) < 4.78 is 12.6. The molecule has 0 aliphatic heterocycles. The number of hydrogen-bond donors (Lipinski definition) is 1. The Morgan fingerprint density at radius 1 is 1.38 bits per heavy atom. The van der Waals surface area contributed by atoms with E-state index < -0.39 is 0 Å². The van der Waals surface area contributed by atoms with Crippen molar-refractivity contribution >= 4 is 16.8 Å². The molecule has 3 aromatic rings. The van der Waals surface area contributed by atoms with E-state index in [-0.39, 0.29) is 5.91 Å². The second-order valence-corrected chi connectivity index (χ2v) is 5.58. The van der Waals surface area contributed by atoms with Gasteiger partial charge in [-0.1, -0.05) is 13.3 Å². The molecule has 1 amide bonds. The standard InChI is InChI=1S/C18H21N3O3/c1-3-4-9-21-18(23-2)15-8-7-13(11-16(15)20-21)17(22)19-12-14-6-5-10-24-14/h5-8,10-11H,3-4,9,12H2,1-2H3,(H,19,22). The Bertz CT molecular complexity index is 822. The molecular weight excluding hydrogens is 306 g/mol. The lowest BCUT2D eigenvalue weighted by Crippen LogP contribution is -2.22. The van der Waals surface area contributed by atoms with E-state index in [1.807, 2.05) is 16.8 Å². The van der Waals surface area contributed by atoms with Crippen LogP contribution >= 0.6 is 0 Å². The van der Waals surface area contributed by atoms with Crippen molar-refractivity contribution in [3.8, 4) is 5.88 Å². The molecule has 0 saturated heterocycles. The molecule has 0 radical (unpaired) electrons.